The third-order valence-electron chi connectivity index (χ3n) is 3.88. The molecule has 1 aromatic heterocycles. The summed E-state index contributed by atoms with van der Waals surface area (Å²) < 4.78 is 40.9. The van der Waals surface area contributed by atoms with E-state index in [0.717, 1.165) is 18.2 Å². The standard InChI is InChI=1S/C14H15F3N2O/c1-2-10-12-8-4-3-5-9(14(15,16)17)11(8)13(20)19(12)7-6-18-10/h3-5,10,18,20H,2,6-7H2,1H3/t10-/m0/s1. The van der Waals surface area contributed by atoms with Gasteiger partial charge in [0.15, 0.2) is 5.88 Å². The molecule has 3 rings (SSSR count). The van der Waals surface area contributed by atoms with Crippen LogP contribution in [0.5, 0.6) is 5.88 Å². The van der Waals surface area contributed by atoms with Crippen molar-refractivity contribution in [3.8, 4) is 5.88 Å². The Hall–Kier alpha value is -1.69. The lowest BCUT2D eigenvalue weighted by atomic mass is 10.0. The van der Waals surface area contributed by atoms with E-state index in [1.54, 1.807) is 10.6 Å². The van der Waals surface area contributed by atoms with E-state index in [1.807, 2.05) is 6.92 Å². The minimum atomic E-state index is -4.47. The summed E-state index contributed by atoms with van der Waals surface area (Å²) in [5, 5.41) is 13.9. The third-order valence-corrected chi connectivity index (χ3v) is 3.88. The molecule has 20 heavy (non-hydrogen) atoms. The molecule has 0 aliphatic carbocycles. The Kier molecular flexibility index (Phi) is 2.93. The number of aromatic hydroxyl groups is 1. The van der Waals surface area contributed by atoms with Crippen LogP contribution in [-0.2, 0) is 12.7 Å². The van der Waals surface area contributed by atoms with Gasteiger partial charge in [0.05, 0.1) is 10.9 Å². The van der Waals surface area contributed by atoms with E-state index in [9.17, 15) is 18.3 Å². The molecule has 0 saturated heterocycles. The van der Waals surface area contributed by atoms with Gasteiger partial charge in [-0.2, -0.15) is 13.2 Å². The van der Waals surface area contributed by atoms with Gasteiger partial charge in [-0.05, 0) is 12.5 Å². The Morgan fingerprint density at radius 2 is 2.15 bits per heavy atom. The lowest BCUT2D eigenvalue weighted by molar-refractivity contribution is -0.136. The molecule has 2 heterocycles. The highest BCUT2D eigenvalue weighted by molar-refractivity contribution is 5.94. The van der Waals surface area contributed by atoms with E-state index in [-0.39, 0.29) is 17.3 Å². The first-order valence-electron chi connectivity index (χ1n) is 6.59. The first-order valence-corrected chi connectivity index (χ1v) is 6.59. The molecule has 0 fully saturated rings. The molecule has 108 valence electrons. The van der Waals surface area contributed by atoms with Crippen molar-refractivity contribution in [2.24, 2.45) is 0 Å². The second kappa shape index (κ2) is 4.41. The molecular weight excluding hydrogens is 269 g/mol. The summed E-state index contributed by atoms with van der Waals surface area (Å²) in [6.45, 7) is 3.09. The van der Waals surface area contributed by atoms with Gasteiger partial charge in [-0.3, -0.25) is 0 Å². The Bertz CT molecular complexity index is 660. The van der Waals surface area contributed by atoms with Crippen LogP contribution in [0, 0.1) is 0 Å². The van der Waals surface area contributed by atoms with Crippen molar-refractivity contribution in [1.29, 1.82) is 0 Å². The number of rotatable bonds is 1. The average Bonchev–Trinajstić information content (AvgIpc) is 2.72. The molecule has 6 heteroatoms. The Morgan fingerprint density at radius 3 is 2.80 bits per heavy atom. The maximum Gasteiger partial charge on any atom is 0.417 e. The molecule has 0 unspecified atom stereocenters. The first kappa shape index (κ1) is 13.3. The average molecular weight is 284 g/mol. The molecular formula is C14H15F3N2O. The lowest BCUT2D eigenvalue weighted by Crippen LogP contribution is -2.32. The van der Waals surface area contributed by atoms with Gasteiger partial charge in [0, 0.05) is 30.2 Å². The molecule has 3 nitrogen and oxygen atoms in total. The predicted molar refractivity (Wildman–Crippen MR) is 69.6 cm³/mol. The summed E-state index contributed by atoms with van der Waals surface area (Å²) in [7, 11) is 0. The van der Waals surface area contributed by atoms with Gasteiger partial charge < -0.3 is 15.0 Å². The van der Waals surface area contributed by atoms with Crippen LogP contribution < -0.4 is 5.32 Å². The number of nitrogens with one attached hydrogen (secondary N) is 1. The largest absolute Gasteiger partial charge is 0.494 e. The molecule has 1 atom stereocenters. The number of nitrogens with zero attached hydrogens (tertiary/aromatic N) is 1. The summed E-state index contributed by atoms with van der Waals surface area (Å²) in [5.74, 6) is -0.275. The van der Waals surface area contributed by atoms with Crippen molar-refractivity contribution in [2.75, 3.05) is 6.54 Å². The van der Waals surface area contributed by atoms with Crippen LogP contribution in [0.15, 0.2) is 18.2 Å². The van der Waals surface area contributed by atoms with Gasteiger partial charge in [0.2, 0.25) is 0 Å². The van der Waals surface area contributed by atoms with Crippen molar-refractivity contribution in [3.63, 3.8) is 0 Å². The molecule has 0 spiro atoms. The molecule has 1 aliphatic heterocycles. The Morgan fingerprint density at radius 1 is 1.40 bits per heavy atom. The number of aromatic nitrogens is 1. The molecule has 1 aliphatic rings. The van der Waals surface area contributed by atoms with Gasteiger partial charge >= 0.3 is 6.18 Å². The van der Waals surface area contributed by atoms with Gasteiger partial charge in [0.1, 0.15) is 0 Å². The highest BCUT2D eigenvalue weighted by Gasteiger charge is 2.36. The summed E-state index contributed by atoms with van der Waals surface area (Å²) in [6, 6.07) is 4.02. The molecule has 2 N–H and O–H groups in total. The number of halogens is 3. The minimum Gasteiger partial charge on any atom is -0.494 e. The first-order chi connectivity index (χ1) is 9.45. The normalized spacial score (nSPS) is 19.3. The van der Waals surface area contributed by atoms with Crippen LogP contribution in [0.3, 0.4) is 0 Å². The molecule has 0 amide bonds. The predicted octanol–water partition coefficient (Wildman–Crippen LogP) is 3.42. The van der Waals surface area contributed by atoms with E-state index in [2.05, 4.69) is 5.32 Å². The Balaban J connectivity index is 2.37. The number of hydrogen-bond acceptors (Lipinski definition) is 2. The van der Waals surface area contributed by atoms with Gasteiger partial charge in [-0.25, -0.2) is 0 Å². The van der Waals surface area contributed by atoms with Crippen LogP contribution in [0.1, 0.15) is 30.6 Å². The summed E-state index contributed by atoms with van der Waals surface area (Å²) in [4.78, 5) is 0. The lowest BCUT2D eigenvalue weighted by Gasteiger charge is -2.26. The third kappa shape index (κ3) is 1.78. The van der Waals surface area contributed by atoms with Crippen LogP contribution in [0.25, 0.3) is 10.8 Å². The quantitative estimate of drug-likeness (QED) is 0.842. The summed E-state index contributed by atoms with van der Waals surface area (Å²) in [5.41, 5.74) is -0.0263. The van der Waals surface area contributed by atoms with Crippen LogP contribution in [-0.4, -0.2) is 16.2 Å². The minimum absolute atomic E-state index is 0.0318. The van der Waals surface area contributed by atoms with Crippen molar-refractivity contribution >= 4 is 10.8 Å². The van der Waals surface area contributed by atoms with Crippen molar-refractivity contribution in [1.82, 2.24) is 9.88 Å². The molecule has 0 saturated carbocycles. The van der Waals surface area contributed by atoms with Crippen molar-refractivity contribution in [3.05, 3.63) is 29.5 Å². The fourth-order valence-corrected chi connectivity index (χ4v) is 3.02. The van der Waals surface area contributed by atoms with Gasteiger partial charge in [-0.1, -0.05) is 19.1 Å². The molecule has 0 bridgehead atoms. The van der Waals surface area contributed by atoms with Crippen LogP contribution >= 0.6 is 0 Å². The molecule has 1 aromatic carbocycles. The Labute approximate surface area is 114 Å². The maximum atomic E-state index is 13.1. The second-order valence-electron chi connectivity index (χ2n) is 5.00. The van der Waals surface area contributed by atoms with Crippen molar-refractivity contribution < 1.29 is 18.3 Å². The summed E-state index contributed by atoms with van der Waals surface area (Å²) in [6.07, 6.45) is -3.71. The van der Waals surface area contributed by atoms with E-state index in [0.29, 0.717) is 18.5 Å². The zero-order valence-electron chi connectivity index (χ0n) is 11.0. The second-order valence-corrected chi connectivity index (χ2v) is 5.00. The summed E-state index contributed by atoms with van der Waals surface area (Å²) >= 11 is 0. The highest BCUT2D eigenvalue weighted by Crippen LogP contribution is 2.44. The zero-order valence-corrected chi connectivity index (χ0v) is 11.0. The smallest absolute Gasteiger partial charge is 0.417 e. The fourth-order valence-electron chi connectivity index (χ4n) is 3.02. The fraction of sp³-hybridized carbons (Fsp3) is 0.429. The number of benzene rings is 1. The number of alkyl halides is 3. The van der Waals surface area contributed by atoms with Crippen LogP contribution in [0.2, 0.25) is 0 Å². The van der Waals surface area contributed by atoms with E-state index >= 15 is 0 Å². The number of fused-ring (bicyclic) bond motifs is 3. The topological polar surface area (TPSA) is 37.2 Å². The van der Waals surface area contributed by atoms with E-state index < -0.39 is 11.7 Å². The monoisotopic (exact) mass is 284 g/mol. The highest BCUT2D eigenvalue weighted by atomic mass is 19.4. The molecule has 2 aromatic rings. The maximum absolute atomic E-state index is 13.1. The number of hydrogen-bond donors (Lipinski definition) is 2. The SMILES string of the molecule is CC[C@@H]1NCCn2c1c1cccc(C(F)(F)F)c1c2O. The van der Waals surface area contributed by atoms with E-state index in [4.69, 9.17) is 0 Å². The molecule has 0 radical (unpaired) electrons. The van der Waals surface area contributed by atoms with Gasteiger partial charge in [-0.15, -0.1) is 0 Å². The van der Waals surface area contributed by atoms with Crippen LogP contribution in [0.4, 0.5) is 13.2 Å². The van der Waals surface area contributed by atoms with E-state index in [1.165, 1.54) is 6.07 Å². The van der Waals surface area contributed by atoms with Gasteiger partial charge in [0.25, 0.3) is 0 Å². The zero-order chi connectivity index (χ0) is 14.5. The van der Waals surface area contributed by atoms with Crippen molar-refractivity contribution in [2.45, 2.75) is 32.1 Å².